The van der Waals surface area contributed by atoms with Gasteiger partial charge >= 0.3 is 6.03 Å². The largest absolute Gasteiger partial charge is 0.497 e. The summed E-state index contributed by atoms with van der Waals surface area (Å²) in [6.07, 6.45) is 1.01. The maximum atomic E-state index is 12.3. The quantitative estimate of drug-likeness (QED) is 0.718. The number of methoxy groups -OCH3 is 1. The summed E-state index contributed by atoms with van der Waals surface area (Å²) in [4.78, 5) is 26.2. The second kappa shape index (κ2) is 9.82. The predicted molar refractivity (Wildman–Crippen MR) is 112 cm³/mol. The van der Waals surface area contributed by atoms with Gasteiger partial charge in [0.1, 0.15) is 11.5 Å². The van der Waals surface area contributed by atoms with Gasteiger partial charge in [-0.3, -0.25) is 4.79 Å². The van der Waals surface area contributed by atoms with Crippen LogP contribution in [0, 0.1) is 0 Å². The van der Waals surface area contributed by atoms with Crippen molar-refractivity contribution < 1.29 is 19.1 Å². The van der Waals surface area contributed by atoms with Gasteiger partial charge in [-0.2, -0.15) is 0 Å². The maximum Gasteiger partial charge on any atom is 0.315 e. The first-order valence-electron chi connectivity index (χ1n) is 9.79. The Hall–Kier alpha value is -3.22. The second-order valence-electron chi connectivity index (χ2n) is 6.83. The Balaban J connectivity index is 1.44. The van der Waals surface area contributed by atoms with Crippen molar-refractivity contribution in [3.8, 4) is 11.5 Å². The summed E-state index contributed by atoms with van der Waals surface area (Å²) in [6.45, 7) is 3.50. The van der Waals surface area contributed by atoms with Crippen LogP contribution in [-0.2, 0) is 11.2 Å². The number of urea groups is 1. The van der Waals surface area contributed by atoms with Gasteiger partial charge in [0.15, 0.2) is 0 Å². The SMILES string of the molecule is CCOc1ccc(N2C[C@H](NC(=O)NCCc3ccc(OC)cc3)CC2=O)cc1. The van der Waals surface area contributed by atoms with Crippen molar-refractivity contribution in [2.24, 2.45) is 0 Å². The molecule has 0 aliphatic carbocycles. The summed E-state index contributed by atoms with van der Waals surface area (Å²) in [6, 6.07) is 14.7. The molecule has 0 unspecified atom stereocenters. The number of amides is 3. The Morgan fingerprint density at radius 1 is 1.10 bits per heavy atom. The summed E-state index contributed by atoms with van der Waals surface area (Å²) in [5, 5.41) is 5.74. The Labute approximate surface area is 171 Å². The molecule has 3 amide bonds. The Kier molecular flexibility index (Phi) is 6.94. The zero-order valence-corrected chi connectivity index (χ0v) is 16.8. The number of nitrogens with one attached hydrogen (secondary N) is 2. The third-order valence-corrected chi connectivity index (χ3v) is 4.78. The molecule has 154 valence electrons. The fourth-order valence-electron chi connectivity index (χ4n) is 3.29. The molecule has 0 radical (unpaired) electrons. The van der Waals surface area contributed by atoms with Crippen LogP contribution in [0.15, 0.2) is 48.5 Å². The van der Waals surface area contributed by atoms with Gasteiger partial charge in [-0.05, 0) is 55.3 Å². The highest BCUT2D eigenvalue weighted by Crippen LogP contribution is 2.24. The van der Waals surface area contributed by atoms with Crippen LogP contribution in [0.25, 0.3) is 0 Å². The van der Waals surface area contributed by atoms with E-state index in [2.05, 4.69) is 10.6 Å². The van der Waals surface area contributed by atoms with Crippen LogP contribution < -0.4 is 25.0 Å². The topological polar surface area (TPSA) is 79.9 Å². The van der Waals surface area contributed by atoms with Gasteiger partial charge in [-0.15, -0.1) is 0 Å². The summed E-state index contributed by atoms with van der Waals surface area (Å²) in [5.41, 5.74) is 1.92. The number of hydrogen-bond donors (Lipinski definition) is 2. The normalized spacial score (nSPS) is 15.9. The first kappa shape index (κ1) is 20.5. The van der Waals surface area contributed by atoms with E-state index in [1.807, 2.05) is 55.5 Å². The van der Waals surface area contributed by atoms with Crippen molar-refractivity contribution in [2.45, 2.75) is 25.8 Å². The van der Waals surface area contributed by atoms with Crippen molar-refractivity contribution in [3.05, 3.63) is 54.1 Å². The number of benzene rings is 2. The van der Waals surface area contributed by atoms with E-state index in [4.69, 9.17) is 9.47 Å². The van der Waals surface area contributed by atoms with Crippen molar-refractivity contribution in [1.82, 2.24) is 10.6 Å². The zero-order chi connectivity index (χ0) is 20.6. The van der Waals surface area contributed by atoms with E-state index < -0.39 is 0 Å². The fraction of sp³-hybridized carbons (Fsp3) is 0.364. The van der Waals surface area contributed by atoms with Gasteiger partial charge in [0.25, 0.3) is 0 Å². The number of carbonyl (C=O) groups is 2. The van der Waals surface area contributed by atoms with Crippen LogP contribution >= 0.6 is 0 Å². The summed E-state index contributed by atoms with van der Waals surface area (Å²) >= 11 is 0. The standard InChI is InChI=1S/C22H27N3O4/c1-3-29-20-10-6-18(7-11-20)25-15-17(14-21(25)26)24-22(27)23-13-12-16-4-8-19(28-2)9-5-16/h4-11,17H,3,12-15H2,1-2H3,(H2,23,24,27)/t17-/m1/s1. The molecule has 1 heterocycles. The van der Waals surface area contributed by atoms with E-state index in [1.165, 1.54) is 0 Å². The van der Waals surface area contributed by atoms with Crippen LogP contribution in [0.3, 0.4) is 0 Å². The van der Waals surface area contributed by atoms with Crippen molar-refractivity contribution in [1.29, 1.82) is 0 Å². The summed E-state index contributed by atoms with van der Waals surface area (Å²) in [5.74, 6) is 1.58. The molecule has 1 aliphatic rings. The van der Waals surface area contributed by atoms with Crippen molar-refractivity contribution in [2.75, 3.05) is 31.7 Å². The number of anilines is 1. The molecule has 0 spiro atoms. The molecule has 1 atom stereocenters. The number of carbonyl (C=O) groups excluding carboxylic acids is 2. The van der Waals surface area contributed by atoms with Crippen LogP contribution in [0.4, 0.5) is 10.5 Å². The van der Waals surface area contributed by atoms with E-state index >= 15 is 0 Å². The van der Waals surface area contributed by atoms with Crippen molar-refractivity contribution >= 4 is 17.6 Å². The molecule has 2 aromatic rings. The molecular formula is C22H27N3O4. The fourth-order valence-corrected chi connectivity index (χ4v) is 3.29. The molecule has 29 heavy (non-hydrogen) atoms. The van der Waals surface area contributed by atoms with Gasteiger partial charge in [0, 0.05) is 25.2 Å². The zero-order valence-electron chi connectivity index (χ0n) is 16.8. The lowest BCUT2D eigenvalue weighted by molar-refractivity contribution is -0.117. The Morgan fingerprint density at radius 2 is 1.79 bits per heavy atom. The highest BCUT2D eigenvalue weighted by atomic mass is 16.5. The van der Waals surface area contributed by atoms with Gasteiger partial charge in [-0.1, -0.05) is 12.1 Å². The number of ether oxygens (including phenoxy) is 2. The highest BCUT2D eigenvalue weighted by Gasteiger charge is 2.31. The third kappa shape index (κ3) is 5.63. The lowest BCUT2D eigenvalue weighted by atomic mass is 10.1. The van der Waals surface area contributed by atoms with Gasteiger partial charge < -0.3 is 25.0 Å². The van der Waals surface area contributed by atoms with E-state index in [0.29, 0.717) is 26.1 Å². The second-order valence-corrected chi connectivity index (χ2v) is 6.83. The lowest BCUT2D eigenvalue weighted by Gasteiger charge is -2.18. The van der Waals surface area contributed by atoms with Crippen LogP contribution in [-0.4, -0.2) is 44.8 Å². The monoisotopic (exact) mass is 397 g/mol. The van der Waals surface area contributed by atoms with Crippen LogP contribution in [0.5, 0.6) is 11.5 Å². The Morgan fingerprint density at radius 3 is 2.45 bits per heavy atom. The molecule has 2 aromatic carbocycles. The molecule has 0 bridgehead atoms. The number of nitrogens with zero attached hydrogens (tertiary/aromatic N) is 1. The predicted octanol–water partition coefficient (Wildman–Crippen LogP) is 2.74. The first-order valence-corrected chi connectivity index (χ1v) is 9.79. The van der Waals surface area contributed by atoms with Gasteiger partial charge in [0.2, 0.25) is 5.91 Å². The molecule has 0 saturated carbocycles. The molecule has 7 heteroatoms. The van der Waals surface area contributed by atoms with E-state index in [-0.39, 0.29) is 18.0 Å². The molecule has 1 saturated heterocycles. The minimum atomic E-state index is -0.259. The van der Waals surface area contributed by atoms with E-state index in [0.717, 1.165) is 29.2 Å². The molecule has 1 fully saturated rings. The van der Waals surface area contributed by atoms with E-state index in [1.54, 1.807) is 12.0 Å². The third-order valence-electron chi connectivity index (χ3n) is 4.78. The number of rotatable bonds is 8. The average Bonchev–Trinajstić information content (AvgIpc) is 3.09. The molecule has 3 rings (SSSR count). The molecule has 1 aliphatic heterocycles. The highest BCUT2D eigenvalue weighted by molar-refractivity contribution is 5.96. The van der Waals surface area contributed by atoms with E-state index in [9.17, 15) is 9.59 Å². The summed E-state index contributed by atoms with van der Waals surface area (Å²) in [7, 11) is 1.63. The number of hydrogen-bond acceptors (Lipinski definition) is 4. The van der Waals surface area contributed by atoms with Crippen LogP contribution in [0.2, 0.25) is 0 Å². The molecule has 0 aromatic heterocycles. The smallest absolute Gasteiger partial charge is 0.315 e. The van der Waals surface area contributed by atoms with Crippen LogP contribution in [0.1, 0.15) is 18.9 Å². The Bertz CT molecular complexity index is 821. The molecular weight excluding hydrogens is 370 g/mol. The molecule has 7 nitrogen and oxygen atoms in total. The minimum absolute atomic E-state index is 0.00214. The van der Waals surface area contributed by atoms with Crippen molar-refractivity contribution in [3.63, 3.8) is 0 Å². The lowest BCUT2D eigenvalue weighted by Crippen LogP contribution is -2.43. The maximum absolute atomic E-state index is 12.3. The average molecular weight is 397 g/mol. The molecule has 2 N–H and O–H groups in total. The minimum Gasteiger partial charge on any atom is -0.497 e. The van der Waals surface area contributed by atoms with Gasteiger partial charge in [-0.25, -0.2) is 4.79 Å². The first-order chi connectivity index (χ1) is 14.1. The summed E-state index contributed by atoms with van der Waals surface area (Å²) < 4.78 is 10.6. The van der Waals surface area contributed by atoms with Gasteiger partial charge in [0.05, 0.1) is 19.8 Å².